The van der Waals surface area contributed by atoms with Crippen molar-refractivity contribution < 1.29 is 14.4 Å². The van der Waals surface area contributed by atoms with Gasteiger partial charge in [0.05, 0.1) is 0 Å². The standard InChI is InChI=1S/C17H16N4O3/c22-15-2-1-11-21(15)14-5-3-12(4-6-14)16(23)19-20-17(24)13-7-9-18-10-8-13/h3-10H,1-2,11H2,(H,19,23)(H,20,24). The van der Waals surface area contributed by atoms with E-state index in [9.17, 15) is 14.4 Å². The summed E-state index contributed by atoms with van der Waals surface area (Å²) in [5.74, 6) is -0.765. The first-order chi connectivity index (χ1) is 11.6. The first-order valence-electron chi connectivity index (χ1n) is 7.56. The molecule has 1 aliphatic heterocycles. The monoisotopic (exact) mass is 324 g/mol. The SMILES string of the molecule is O=C(NNC(=O)c1ccc(N2CCCC2=O)cc1)c1ccncc1. The molecule has 0 saturated carbocycles. The molecule has 1 saturated heterocycles. The Labute approximate surface area is 138 Å². The maximum atomic E-state index is 12.1. The van der Waals surface area contributed by atoms with Crippen LogP contribution >= 0.6 is 0 Å². The van der Waals surface area contributed by atoms with Crippen molar-refractivity contribution in [2.45, 2.75) is 12.8 Å². The normalized spacial score (nSPS) is 13.7. The molecule has 3 rings (SSSR count). The molecule has 2 N–H and O–H groups in total. The number of aromatic nitrogens is 1. The molecular weight excluding hydrogens is 308 g/mol. The van der Waals surface area contributed by atoms with Crippen molar-refractivity contribution in [2.75, 3.05) is 11.4 Å². The average Bonchev–Trinajstić information content (AvgIpc) is 3.06. The Kier molecular flexibility index (Phi) is 4.51. The summed E-state index contributed by atoms with van der Waals surface area (Å²) in [6.45, 7) is 0.701. The molecule has 2 aromatic rings. The maximum Gasteiger partial charge on any atom is 0.269 e. The van der Waals surface area contributed by atoms with Crippen LogP contribution in [0.25, 0.3) is 0 Å². The van der Waals surface area contributed by atoms with Crippen molar-refractivity contribution in [3.63, 3.8) is 0 Å². The molecule has 0 aliphatic carbocycles. The number of benzene rings is 1. The van der Waals surface area contributed by atoms with E-state index in [4.69, 9.17) is 0 Å². The van der Waals surface area contributed by atoms with E-state index in [1.54, 1.807) is 41.3 Å². The number of nitrogens with zero attached hydrogens (tertiary/aromatic N) is 2. The van der Waals surface area contributed by atoms with Crippen LogP contribution in [0.3, 0.4) is 0 Å². The van der Waals surface area contributed by atoms with Crippen molar-refractivity contribution in [2.24, 2.45) is 0 Å². The van der Waals surface area contributed by atoms with E-state index in [0.29, 0.717) is 24.1 Å². The molecule has 1 aromatic carbocycles. The third-order valence-corrected chi connectivity index (χ3v) is 3.75. The van der Waals surface area contributed by atoms with E-state index in [1.807, 2.05) is 0 Å². The van der Waals surface area contributed by atoms with Crippen LogP contribution in [0.15, 0.2) is 48.8 Å². The van der Waals surface area contributed by atoms with Crippen LogP contribution in [0.1, 0.15) is 33.6 Å². The first-order valence-corrected chi connectivity index (χ1v) is 7.56. The molecule has 0 atom stereocenters. The van der Waals surface area contributed by atoms with Gasteiger partial charge in [-0.1, -0.05) is 0 Å². The number of amides is 3. The lowest BCUT2D eigenvalue weighted by molar-refractivity contribution is -0.117. The summed E-state index contributed by atoms with van der Waals surface area (Å²) in [5.41, 5.74) is 6.26. The fraction of sp³-hybridized carbons (Fsp3) is 0.176. The summed E-state index contributed by atoms with van der Waals surface area (Å²) in [5, 5.41) is 0. The third kappa shape index (κ3) is 3.40. The molecule has 7 nitrogen and oxygen atoms in total. The zero-order chi connectivity index (χ0) is 16.9. The lowest BCUT2D eigenvalue weighted by Gasteiger charge is -2.15. The summed E-state index contributed by atoms with van der Waals surface area (Å²) < 4.78 is 0. The molecule has 0 spiro atoms. The summed E-state index contributed by atoms with van der Waals surface area (Å²) in [7, 11) is 0. The number of anilines is 1. The largest absolute Gasteiger partial charge is 0.312 e. The lowest BCUT2D eigenvalue weighted by Crippen LogP contribution is -2.41. The molecule has 0 radical (unpaired) electrons. The Morgan fingerprint density at radius 1 is 0.917 bits per heavy atom. The van der Waals surface area contributed by atoms with Crippen LogP contribution in [0.2, 0.25) is 0 Å². The zero-order valence-electron chi connectivity index (χ0n) is 12.9. The van der Waals surface area contributed by atoms with Gasteiger partial charge in [0.1, 0.15) is 0 Å². The smallest absolute Gasteiger partial charge is 0.269 e. The van der Waals surface area contributed by atoms with Crippen molar-refractivity contribution in [1.82, 2.24) is 15.8 Å². The summed E-state index contributed by atoms with van der Waals surface area (Å²) in [6.07, 6.45) is 4.40. The van der Waals surface area contributed by atoms with Crippen LogP contribution in [-0.2, 0) is 4.79 Å². The highest BCUT2D eigenvalue weighted by Crippen LogP contribution is 2.21. The minimum absolute atomic E-state index is 0.0943. The van der Waals surface area contributed by atoms with Crippen LogP contribution in [0.4, 0.5) is 5.69 Å². The van der Waals surface area contributed by atoms with E-state index in [2.05, 4.69) is 15.8 Å². The number of pyridine rings is 1. The Morgan fingerprint density at radius 2 is 1.50 bits per heavy atom. The van der Waals surface area contributed by atoms with Crippen LogP contribution < -0.4 is 15.8 Å². The average molecular weight is 324 g/mol. The van der Waals surface area contributed by atoms with Crippen LogP contribution in [0.5, 0.6) is 0 Å². The first kappa shape index (κ1) is 15.7. The Balaban J connectivity index is 1.59. The highest BCUT2D eigenvalue weighted by Gasteiger charge is 2.21. The van der Waals surface area contributed by atoms with Gasteiger partial charge in [0.25, 0.3) is 11.8 Å². The molecule has 24 heavy (non-hydrogen) atoms. The van der Waals surface area contributed by atoms with Gasteiger partial charge in [-0.15, -0.1) is 0 Å². The maximum absolute atomic E-state index is 12.1. The number of nitrogens with one attached hydrogen (secondary N) is 2. The minimum atomic E-state index is -0.434. The van der Waals surface area contributed by atoms with Crippen molar-refractivity contribution >= 4 is 23.4 Å². The van der Waals surface area contributed by atoms with Gasteiger partial charge in [0, 0.05) is 42.2 Å². The van der Waals surface area contributed by atoms with Crippen LogP contribution in [-0.4, -0.2) is 29.3 Å². The quantitative estimate of drug-likeness (QED) is 0.832. The topological polar surface area (TPSA) is 91.4 Å². The van der Waals surface area contributed by atoms with Gasteiger partial charge < -0.3 is 4.90 Å². The Bertz CT molecular complexity index is 759. The second kappa shape index (κ2) is 6.91. The number of hydrogen-bond donors (Lipinski definition) is 2. The van der Waals surface area contributed by atoms with E-state index in [1.165, 1.54) is 12.4 Å². The van der Waals surface area contributed by atoms with Crippen molar-refractivity contribution in [1.29, 1.82) is 0 Å². The van der Waals surface area contributed by atoms with Gasteiger partial charge in [-0.05, 0) is 42.8 Å². The predicted molar refractivity (Wildman–Crippen MR) is 87.2 cm³/mol. The number of rotatable bonds is 3. The Morgan fingerprint density at radius 3 is 2.04 bits per heavy atom. The molecule has 0 bridgehead atoms. The number of hydrazine groups is 1. The van der Waals surface area contributed by atoms with Gasteiger partial charge >= 0.3 is 0 Å². The van der Waals surface area contributed by atoms with Crippen LogP contribution in [0, 0.1) is 0 Å². The van der Waals surface area contributed by atoms with Crippen molar-refractivity contribution in [3.8, 4) is 0 Å². The molecule has 3 amide bonds. The number of carbonyl (C=O) groups is 3. The number of hydrogen-bond acceptors (Lipinski definition) is 4. The van der Waals surface area contributed by atoms with Gasteiger partial charge in [-0.3, -0.25) is 30.2 Å². The molecule has 1 aliphatic rings. The Hall–Kier alpha value is -3.22. The van der Waals surface area contributed by atoms with E-state index >= 15 is 0 Å². The highest BCUT2D eigenvalue weighted by molar-refractivity contribution is 6.00. The summed E-state index contributed by atoms with van der Waals surface area (Å²) in [6, 6.07) is 9.78. The van der Waals surface area contributed by atoms with Gasteiger partial charge in [0.2, 0.25) is 5.91 Å². The highest BCUT2D eigenvalue weighted by atomic mass is 16.2. The molecule has 122 valence electrons. The molecule has 7 heteroatoms. The van der Waals surface area contributed by atoms with E-state index in [-0.39, 0.29) is 5.91 Å². The molecule has 1 aromatic heterocycles. The fourth-order valence-corrected chi connectivity index (χ4v) is 2.48. The molecule has 2 heterocycles. The zero-order valence-corrected chi connectivity index (χ0v) is 12.9. The molecular formula is C17H16N4O3. The second-order valence-corrected chi connectivity index (χ2v) is 5.34. The lowest BCUT2D eigenvalue weighted by atomic mass is 10.2. The van der Waals surface area contributed by atoms with Crippen molar-refractivity contribution in [3.05, 3.63) is 59.9 Å². The predicted octanol–water partition coefficient (Wildman–Crippen LogP) is 1.28. The second-order valence-electron chi connectivity index (χ2n) is 5.34. The fourth-order valence-electron chi connectivity index (χ4n) is 2.48. The van der Waals surface area contributed by atoms with Gasteiger partial charge in [-0.25, -0.2) is 0 Å². The van der Waals surface area contributed by atoms with E-state index < -0.39 is 11.8 Å². The molecule has 0 unspecified atom stereocenters. The number of carbonyl (C=O) groups excluding carboxylic acids is 3. The van der Waals surface area contributed by atoms with Gasteiger partial charge in [0.15, 0.2) is 0 Å². The molecule has 1 fully saturated rings. The van der Waals surface area contributed by atoms with Gasteiger partial charge in [-0.2, -0.15) is 0 Å². The summed E-state index contributed by atoms with van der Waals surface area (Å²) >= 11 is 0. The summed E-state index contributed by atoms with van der Waals surface area (Å²) in [4.78, 5) is 41.1. The minimum Gasteiger partial charge on any atom is -0.312 e. The third-order valence-electron chi connectivity index (χ3n) is 3.75. The van der Waals surface area contributed by atoms with E-state index in [0.717, 1.165) is 12.1 Å².